The van der Waals surface area contributed by atoms with Crippen molar-refractivity contribution in [3.63, 3.8) is 0 Å². The molecule has 25 heavy (non-hydrogen) atoms. The van der Waals surface area contributed by atoms with Crippen LogP contribution in [0.1, 0.15) is 29.6 Å². The highest BCUT2D eigenvalue weighted by Crippen LogP contribution is 2.31. The molecule has 1 heterocycles. The van der Waals surface area contributed by atoms with Crippen LogP contribution < -0.4 is 5.32 Å². The van der Waals surface area contributed by atoms with E-state index in [1.165, 1.54) is 18.9 Å². The Morgan fingerprint density at radius 3 is 2.76 bits per heavy atom. The minimum absolute atomic E-state index is 0.0924. The van der Waals surface area contributed by atoms with E-state index in [1.54, 1.807) is 24.3 Å². The lowest BCUT2D eigenvalue weighted by Gasteiger charge is -2.16. The van der Waals surface area contributed by atoms with E-state index in [0.29, 0.717) is 16.3 Å². The molecule has 3 amide bonds. The van der Waals surface area contributed by atoms with Crippen molar-refractivity contribution in [2.45, 2.75) is 19.3 Å². The standard InChI is InChI=1S/C17H17N3O4S/c1-24-16(22)10-5-7-11(8-6-10)18-14(21)9-25-15-12-3-2-4-13(12)19-17(23)20-15/h5-8,12H,2-4,9H2,1H3,(H,18,21). The molecule has 1 aromatic carbocycles. The van der Waals surface area contributed by atoms with E-state index in [4.69, 9.17) is 0 Å². The summed E-state index contributed by atoms with van der Waals surface area (Å²) < 4.78 is 4.63. The summed E-state index contributed by atoms with van der Waals surface area (Å²) in [6.07, 6.45) is 2.75. The number of thioether (sulfide) groups is 1. The molecular formula is C17H17N3O4S. The third-order valence-electron chi connectivity index (χ3n) is 4.01. The van der Waals surface area contributed by atoms with Gasteiger partial charge >= 0.3 is 12.0 Å². The van der Waals surface area contributed by atoms with Crippen LogP contribution in [0.15, 0.2) is 34.3 Å². The first-order chi connectivity index (χ1) is 12.1. The number of benzene rings is 1. The first-order valence-corrected chi connectivity index (χ1v) is 8.86. The van der Waals surface area contributed by atoms with Gasteiger partial charge in [0.2, 0.25) is 5.91 Å². The molecule has 1 unspecified atom stereocenters. The van der Waals surface area contributed by atoms with Crippen molar-refractivity contribution in [2.75, 3.05) is 18.2 Å². The minimum Gasteiger partial charge on any atom is -0.465 e. The summed E-state index contributed by atoms with van der Waals surface area (Å²) in [4.78, 5) is 42.9. The van der Waals surface area contributed by atoms with Gasteiger partial charge in [-0.25, -0.2) is 14.6 Å². The highest BCUT2D eigenvalue weighted by atomic mass is 32.2. The maximum absolute atomic E-state index is 12.1. The summed E-state index contributed by atoms with van der Waals surface area (Å²) in [7, 11) is 1.31. The fourth-order valence-corrected chi connectivity index (χ4v) is 3.77. The topological polar surface area (TPSA) is 97.2 Å². The molecular weight excluding hydrogens is 342 g/mol. The fourth-order valence-electron chi connectivity index (χ4n) is 2.82. The van der Waals surface area contributed by atoms with Crippen LogP contribution in [0.5, 0.6) is 0 Å². The van der Waals surface area contributed by atoms with Crippen LogP contribution >= 0.6 is 11.8 Å². The number of fused-ring (bicyclic) bond motifs is 1. The molecule has 0 saturated heterocycles. The second-order valence-corrected chi connectivity index (χ2v) is 6.68. The van der Waals surface area contributed by atoms with Crippen molar-refractivity contribution in [3.05, 3.63) is 29.8 Å². The zero-order valence-electron chi connectivity index (χ0n) is 13.7. The molecule has 0 bridgehead atoms. The van der Waals surface area contributed by atoms with Crippen molar-refractivity contribution in [1.82, 2.24) is 0 Å². The molecule has 2 aliphatic rings. The number of esters is 1. The number of carbonyl (C=O) groups excluding carboxylic acids is 3. The van der Waals surface area contributed by atoms with Gasteiger partial charge in [0.25, 0.3) is 0 Å². The number of rotatable bonds is 4. The van der Waals surface area contributed by atoms with Crippen LogP contribution in [0, 0.1) is 5.92 Å². The van der Waals surface area contributed by atoms with Gasteiger partial charge in [0.05, 0.1) is 23.5 Å². The summed E-state index contributed by atoms with van der Waals surface area (Å²) in [5.41, 5.74) is 1.89. The van der Waals surface area contributed by atoms with Crippen LogP contribution in [0.25, 0.3) is 0 Å². The van der Waals surface area contributed by atoms with Crippen LogP contribution in [0.3, 0.4) is 0 Å². The Bertz CT molecular complexity index is 771. The second-order valence-electron chi connectivity index (χ2n) is 5.69. The van der Waals surface area contributed by atoms with Gasteiger partial charge in [0, 0.05) is 17.3 Å². The fraction of sp³-hybridized carbons (Fsp3) is 0.353. The molecule has 1 aliphatic carbocycles. The van der Waals surface area contributed by atoms with Gasteiger partial charge in [0.1, 0.15) is 0 Å². The van der Waals surface area contributed by atoms with Crippen LogP contribution in [0.2, 0.25) is 0 Å². The van der Waals surface area contributed by atoms with E-state index >= 15 is 0 Å². The Labute approximate surface area is 148 Å². The Balaban J connectivity index is 1.55. The molecule has 1 aromatic rings. The number of ether oxygens (including phenoxy) is 1. The van der Waals surface area contributed by atoms with Gasteiger partial charge < -0.3 is 10.1 Å². The second kappa shape index (κ2) is 7.60. The number of aliphatic imine (C=N–C) groups is 2. The number of anilines is 1. The van der Waals surface area contributed by atoms with Crippen molar-refractivity contribution >= 4 is 46.1 Å². The molecule has 1 aliphatic heterocycles. The van der Waals surface area contributed by atoms with E-state index in [-0.39, 0.29) is 17.6 Å². The number of nitrogens with one attached hydrogen (secondary N) is 1. The first-order valence-electron chi connectivity index (χ1n) is 7.88. The predicted octanol–water partition coefficient (Wildman–Crippen LogP) is 2.92. The highest BCUT2D eigenvalue weighted by molar-refractivity contribution is 8.14. The van der Waals surface area contributed by atoms with Gasteiger partial charge in [-0.3, -0.25) is 4.79 Å². The van der Waals surface area contributed by atoms with Crippen molar-refractivity contribution < 1.29 is 19.1 Å². The number of urea groups is 1. The molecule has 1 saturated carbocycles. The van der Waals surface area contributed by atoms with Crippen molar-refractivity contribution in [1.29, 1.82) is 0 Å². The third kappa shape index (κ3) is 4.14. The summed E-state index contributed by atoms with van der Waals surface area (Å²) >= 11 is 1.28. The predicted molar refractivity (Wildman–Crippen MR) is 96.5 cm³/mol. The lowest BCUT2D eigenvalue weighted by atomic mass is 10.1. The number of carbonyl (C=O) groups is 3. The Morgan fingerprint density at radius 1 is 1.28 bits per heavy atom. The Morgan fingerprint density at radius 2 is 2.04 bits per heavy atom. The van der Waals surface area contributed by atoms with E-state index in [0.717, 1.165) is 25.0 Å². The summed E-state index contributed by atoms with van der Waals surface area (Å²) in [6, 6.07) is 5.96. The first kappa shape index (κ1) is 17.3. The lowest BCUT2D eigenvalue weighted by molar-refractivity contribution is -0.113. The summed E-state index contributed by atoms with van der Waals surface area (Å²) in [6.45, 7) is 0. The van der Waals surface area contributed by atoms with Gasteiger partial charge in [-0.2, -0.15) is 4.99 Å². The molecule has 1 N–H and O–H groups in total. The average Bonchev–Trinajstić information content (AvgIpc) is 3.08. The number of nitrogens with zero attached hydrogens (tertiary/aromatic N) is 2. The summed E-state index contributed by atoms with van der Waals surface area (Å²) in [5.74, 6) is -0.375. The average molecular weight is 359 g/mol. The number of hydrogen-bond acceptors (Lipinski definition) is 5. The lowest BCUT2D eigenvalue weighted by Crippen LogP contribution is -2.24. The maximum Gasteiger partial charge on any atom is 0.367 e. The molecule has 130 valence electrons. The minimum atomic E-state index is -0.477. The van der Waals surface area contributed by atoms with Gasteiger partial charge in [0.15, 0.2) is 0 Å². The zero-order valence-corrected chi connectivity index (χ0v) is 14.5. The van der Waals surface area contributed by atoms with Gasteiger partial charge in [-0.1, -0.05) is 11.8 Å². The smallest absolute Gasteiger partial charge is 0.367 e. The SMILES string of the molecule is COC(=O)c1ccc(NC(=O)CSC2=NC(=O)N=C3CCCC32)cc1. The normalized spacial score (nSPS) is 18.9. The molecule has 0 radical (unpaired) electrons. The molecule has 0 aromatic heterocycles. The number of amides is 3. The van der Waals surface area contributed by atoms with E-state index < -0.39 is 12.0 Å². The third-order valence-corrected chi connectivity index (χ3v) is 5.09. The van der Waals surface area contributed by atoms with E-state index in [1.807, 2.05) is 0 Å². The van der Waals surface area contributed by atoms with Gasteiger partial charge in [-0.15, -0.1) is 0 Å². The Kier molecular flexibility index (Phi) is 5.28. The molecule has 3 rings (SSSR count). The molecule has 1 atom stereocenters. The summed E-state index contributed by atoms with van der Waals surface area (Å²) in [5, 5.41) is 3.44. The number of hydrogen-bond donors (Lipinski definition) is 1. The van der Waals surface area contributed by atoms with Gasteiger partial charge in [-0.05, 0) is 43.5 Å². The zero-order chi connectivity index (χ0) is 17.8. The van der Waals surface area contributed by atoms with Crippen LogP contribution in [-0.4, -0.2) is 41.5 Å². The van der Waals surface area contributed by atoms with E-state index in [9.17, 15) is 14.4 Å². The highest BCUT2D eigenvalue weighted by Gasteiger charge is 2.32. The van der Waals surface area contributed by atoms with Crippen LogP contribution in [-0.2, 0) is 9.53 Å². The molecule has 7 nitrogen and oxygen atoms in total. The Hall–Kier alpha value is -2.48. The quantitative estimate of drug-likeness (QED) is 0.834. The van der Waals surface area contributed by atoms with Crippen LogP contribution in [0.4, 0.5) is 10.5 Å². The maximum atomic E-state index is 12.1. The molecule has 0 spiro atoms. The largest absolute Gasteiger partial charge is 0.465 e. The number of methoxy groups -OCH3 is 1. The van der Waals surface area contributed by atoms with Crippen molar-refractivity contribution in [3.8, 4) is 0 Å². The molecule has 1 fully saturated rings. The van der Waals surface area contributed by atoms with Crippen molar-refractivity contribution in [2.24, 2.45) is 15.9 Å². The monoisotopic (exact) mass is 359 g/mol. The van der Waals surface area contributed by atoms with E-state index in [2.05, 4.69) is 20.0 Å². The molecule has 8 heteroatoms.